The van der Waals surface area contributed by atoms with Gasteiger partial charge in [0.15, 0.2) is 0 Å². The molecular weight excluding hydrogens is 146 g/mol. The van der Waals surface area contributed by atoms with Crippen molar-refractivity contribution in [3.63, 3.8) is 0 Å². The summed E-state index contributed by atoms with van der Waals surface area (Å²) >= 11 is 0. The molecule has 58 valence electrons. The topological polar surface area (TPSA) is 66.4 Å². The van der Waals surface area contributed by atoms with E-state index in [-0.39, 0.29) is 6.54 Å². The van der Waals surface area contributed by atoms with Crippen molar-refractivity contribution in [3.8, 4) is 12.3 Å². The van der Waals surface area contributed by atoms with E-state index in [1.54, 1.807) is 0 Å². The Morgan fingerprint density at radius 3 is 2.64 bits per heavy atom. The number of hydrogen-bond donors (Lipinski definition) is 2. The van der Waals surface area contributed by atoms with Gasteiger partial charge in [0.25, 0.3) is 0 Å². The van der Waals surface area contributed by atoms with Crippen LogP contribution < -0.4 is 5.32 Å². The van der Waals surface area contributed by atoms with Gasteiger partial charge >= 0.3 is 5.97 Å². The quantitative estimate of drug-likeness (QED) is 0.419. The minimum atomic E-state index is -1.17. The summed E-state index contributed by atoms with van der Waals surface area (Å²) in [5.74, 6) is 0.498. The van der Waals surface area contributed by atoms with Crippen LogP contribution in [-0.4, -0.2) is 23.5 Å². The maximum atomic E-state index is 10.5. The van der Waals surface area contributed by atoms with E-state index in [1.165, 1.54) is 0 Å². The van der Waals surface area contributed by atoms with Crippen LogP contribution in [-0.2, 0) is 9.59 Å². The van der Waals surface area contributed by atoms with Crippen molar-refractivity contribution in [2.24, 2.45) is 0 Å². The summed E-state index contributed by atoms with van der Waals surface area (Å²) in [5, 5.41) is 10.3. The van der Waals surface area contributed by atoms with Crippen LogP contribution in [0.15, 0.2) is 12.2 Å². The Balaban J connectivity index is 3.71. The summed E-state index contributed by atoms with van der Waals surface area (Å²) in [7, 11) is 0. The molecule has 0 radical (unpaired) electrons. The van der Waals surface area contributed by atoms with Gasteiger partial charge in [-0.1, -0.05) is 5.92 Å². The second-order valence-electron chi connectivity index (χ2n) is 1.59. The minimum Gasteiger partial charge on any atom is -0.478 e. The van der Waals surface area contributed by atoms with Gasteiger partial charge in [0, 0.05) is 12.2 Å². The zero-order valence-corrected chi connectivity index (χ0v) is 5.70. The molecule has 4 heteroatoms. The van der Waals surface area contributed by atoms with Crippen LogP contribution in [0.25, 0.3) is 0 Å². The zero-order valence-electron chi connectivity index (χ0n) is 5.70. The van der Waals surface area contributed by atoms with Gasteiger partial charge in [-0.3, -0.25) is 4.79 Å². The van der Waals surface area contributed by atoms with Gasteiger partial charge in [-0.15, -0.1) is 6.42 Å². The molecule has 0 spiro atoms. The molecule has 2 N–H and O–H groups in total. The lowest BCUT2D eigenvalue weighted by molar-refractivity contribution is -0.131. The molecule has 1 amide bonds. The van der Waals surface area contributed by atoms with Crippen molar-refractivity contribution in [3.05, 3.63) is 12.2 Å². The lowest BCUT2D eigenvalue weighted by Crippen LogP contribution is -2.21. The Kier molecular flexibility index (Phi) is 4.25. The Hall–Kier alpha value is -1.76. The smallest absolute Gasteiger partial charge is 0.328 e. The van der Waals surface area contributed by atoms with E-state index in [0.29, 0.717) is 0 Å². The van der Waals surface area contributed by atoms with Gasteiger partial charge in [-0.25, -0.2) is 4.79 Å². The van der Waals surface area contributed by atoms with Crippen LogP contribution in [0.1, 0.15) is 0 Å². The van der Waals surface area contributed by atoms with Gasteiger partial charge in [0.1, 0.15) is 0 Å². The van der Waals surface area contributed by atoms with Crippen molar-refractivity contribution >= 4 is 11.9 Å². The molecule has 0 aromatic heterocycles. The van der Waals surface area contributed by atoms with Gasteiger partial charge < -0.3 is 10.4 Å². The second-order valence-corrected chi connectivity index (χ2v) is 1.59. The fourth-order valence-corrected chi connectivity index (χ4v) is 0.344. The molecular formula is C7H7NO3. The van der Waals surface area contributed by atoms with Crippen LogP contribution in [0.5, 0.6) is 0 Å². The molecule has 11 heavy (non-hydrogen) atoms. The molecule has 0 bridgehead atoms. The highest BCUT2D eigenvalue weighted by atomic mass is 16.4. The molecule has 0 saturated heterocycles. The highest BCUT2D eigenvalue weighted by Crippen LogP contribution is 1.72. The summed E-state index contributed by atoms with van der Waals surface area (Å²) in [6, 6.07) is 0. The van der Waals surface area contributed by atoms with E-state index in [9.17, 15) is 9.59 Å². The molecule has 0 heterocycles. The number of carboxylic acid groups (broad SMARTS) is 1. The lowest BCUT2D eigenvalue weighted by atomic mass is 10.4. The average molecular weight is 153 g/mol. The fraction of sp³-hybridized carbons (Fsp3) is 0.143. The third-order valence-electron chi connectivity index (χ3n) is 0.742. The van der Waals surface area contributed by atoms with Gasteiger partial charge in [-0.05, 0) is 0 Å². The van der Waals surface area contributed by atoms with Crippen LogP contribution in [0.2, 0.25) is 0 Å². The largest absolute Gasteiger partial charge is 0.478 e. The van der Waals surface area contributed by atoms with Crippen molar-refractivity contribution in [2.45, 2.75) is 0 Å². The fourth-order valence-electron chi connectivity index (χ4n) is 0.344. The number of terminal acetylenes is 1. The van der Waals surface area contributed by atoms with E-state index >= 15 is 0 Å². The highest BCUT2D eigenvalue weighted by molar-refractivity contribution is 5.93. The number of aliphatic carboxylic acids is 1. The van der Waals surface area contributed by atoms with E-state index in [1.807, 2.05) is 0 Å². The normalized spacial score (nSPS) is 9.00. The zero-order chi connectivity index (χ0) is 8.69. The van der Waals surface area contributed by atoms with Crippen molar-refractivity contribution in [2.75, 3.05) is 6.54 Å². The predicted octanol–water partition coefficient (Wildman–Crippen LogP) is -0.623. The third-order valence-corrected chi connectivity index (χ3v) is 0.742. The molecule has 0 aliphatic carbocycles. The Labute approximate surface area is 63.9 Å². The first-order chi connectivity index (χ1) is 5.16. The van der Waals surface area contributed by atoms with Gasteiger partial charge in [-0.2, -0.15) is 0 Å². The van der Waals surface area contributed by atoms with E-state index in [0.717, 1.165) is 12.2 Å². The Morgan fingerprint density at radius 1 is 1.55 bits per heavy atom. The molecule has 0 aromatic carbocycles. The third kappa shape index (κ3) is 6.12. The summed E-state index contributed by atoms with van der Waals surface area (Å²) in [6.45, 7) is 0.1000. The van der Waals surface area contributed by atoms with Crippen LogP contribution in [0.4, 0.5) is 0 Å². The van der Waals surface area contributed by atoms with Gasteiger partial charge in [0.2, 0.25) is 5.91 Å². The highest BCUT2D eigenvalue weighted by Gasteiger charge is 1.92. The van der Waals surface area contributed by atoms with E-state index < -0.39 is 11.9 Å². The first-order valence-corrected chi connectivity index (χ1v) is 2.79. The lowest BCUT2D eigenvalue weighted by Gasteiger charge is -1.91. The number of hydrogen-bond acceptors (Lipinski definition) is 2. The standard InChI is InChI=1S/C7H7NO3/c1-2-5-8-6(9)3-4-7(10)11/h1,3-4H,5H2,(H,8,9)(H,10,11). The number of carbonyl (C=O) groups is 2. The van der Waals surface area contributed by atoms with Crippen LogP contribution >= 0.6 is 0 Å². The maximum absolute atomic E-state index is 10.5. The molecule has 0 aliphatic heterocycles. The molecule has 0 unspecified atom stereocenters. The minimum absolute atomic E-state index is 0.1000. The predicted molar refractivity (Wildman–Crippen MR) is 38.6 cm³/mol. The number of rotatable bonds is 3. The molecule has 0 atom stereocenters. The first kappa shape index (κ1) is 9.24. The molecule has 0 saturated carbocycles. The summed E-state index contributed by atoms with van der Waals surface area (Å²) < 4.78 is 0. The molecule has 4 nitrogen and oxygen atoms in total. The van der Waals surface area contributed by atoms with Crippen molar-refractivity contribution < 1.29 is 14.7 Å². The Morgan fingerprint density at radius 2 is 2.18 bits per heavy atom. The maximum Gasteiger partial charge on any atom is 0.328 e. The molecule has 0 aromatic rings. The monoisotopic (exact) mass is 153 g/mol. The first-order valence-electron chi connectivity index (χ1n) is 2.79. The molecule has 0 aliphatic rings. The van der Waals surface area contributed by atoms with E-state index in [2.05, 4.69) is 11.2 Å². The van der Waals surface area contributed by atoms with Crippen LogP contribution in [0.3, 0.4) is 0 Å². The number of nitrogens with one attached hydrogen (secondary N) is 1. The number of amides is 1. The second kappa shape index (κ2) is 5.06. The van der Waals surface area contributed by atoms with Crippen molar-refractivity contribution in [1.29, 1.82) is 0 Å². The SMILES string of the molecule is C#CCNC(=O)C=CC(=O)O. The average Bonchev–Trinajstić information content (AvgIpc) is 1.97. The summed E-state index contributed by atoms with van der Waals surface area (Å²) in [4.78, 5) is 20.4. The van der Waals surface area contributed by atoms with E-state index in [4.69, 9.17) is 11.5 Å². The Bertz CT molecular complexity index is 224. The van der Waals surface area contributed by atoms with Gasteiger partial charge in [0.05, 0.1) is 6.54 Å². The van der Waals surface area contributed by atoms with Crippen LogP contribution in [0, 0.1) is 12.3 Å². The number of carbonyl (C=O) groups excluding carboxylic acids is 1. The molecule has 0 rings (SSSR count). The molecule has 0 fully saturated rings. The summed E-state index contributed by atoms with van der Waals surface area (Å²) in [6.07, 6.45) is 6.47. The summed E-state index contributed by atoms with van der Waals surface area (Å²) in [5.41, 5.74) is 0. The van der Waals surface area contributed by atoms with Crippen molar-refractivity contribution in [1.82, 2.24) is 5.32 Å². The number of carboxylic acids is 1.